The highest BCUT2D eigenvalue weighted by Gasteiger charge is 2.34. The Morgan fingerprint density at radius 1 is 1.13 bits per heavy atom. The van der Waals surface area contributed by atoms with Crippen molar-refractivity contribution in [2.45, 2.75) is 65.9 Å². The first-order valence-corrected chi connectivity index (χ1v) is 6.07. The summed E-state index contributed by atoms with van der Waals surface area (Å²) < 4.78 is 5.21. The van der Waals surface area contributed by atoms with Crippen molar-refractivity contribution >= 4 is 17.0 Å². The van der Waals surface area contributed by atoms with Crippen molar-refractivity contribution in [2.24, 2.45) is 5.41 Å². The summed E-state index contributed by atoms with van der Waals surface area (Å²) in [7, 11) is 0. The zero-order valence-corrected chi connectivity index (χ0v) is 11.3. The zero-order chi connectivity index (χ0) is 12.1. The van der Waals surface area contributed by atoms with Gasteiger partial charge in [0.25, 0.3) is 0 Å². The van der Waals surface area contributed by atoms with Gasteiger partial charge in [0, 0.05) is 11.6 Å². The molecule has 0 saturated heterocycles. The van der Waals surface area contributed by atoms with Crippen LogP contribution in [-0.4, -0.2) is 11.0 Å². The molecule has 0 aromatic carbocycles. The second kappa shape index (κ2) is 5.74. The molecule has 0 aliphatic rings. The van der Waals surface area contributed by atoms with E-state index in [-0.39, 0.29) is 5.41 Å². The van der Waals surface area contributed by atoms with Gasteiger partial charge in [0.1, 0.15) is 5.60 Å². The summed E-state index contributed by atoms with van der Waals surface area (Å²) in [6.45, 7) is 10.5. The van der Waals surface area contributed by atoms with Crippen LogP contribution in [0.2, 0.25) is 0 Å². The van der Waals surface area contributed by atoms with Crippen LogP contribution in [-0.2, 0) is 4.74 Å². The van der Waals surface area contributed by atoms with Crippen LogP contribution in [0.4, 0.5) is 4.79 Å². The molecule has 0 radical (unpaired) electrons. The molecule has 3 heteroatoms. The van der Waals surface area contributed by atoms with Gasteiger partial charge in [0.2, 0.25) is 0 Å². The Labute approximate surface area is 98.3 Å². The topological polar surface area (TPSA) is 26.3 Å². The maximum absolute atomic E-state index is 10.8. The quantitative estimate of drug-likeness (QED) is 0.620. The lowest BCUT2D eigenvalue weighted by Crippen LogP contribution is -2.35. The lowest BCUT2D eigenvalue weighted by atomic mass is 9.74. The molecular weight excluding hydrogens is 212 g/mol. The van der Waals surface area contributed by atoms with Crippen molar-refractivity contribution in [3.63, 3.8) is 0 Å². The fraction of sp³-hybridized carbons (Fsp3) is 0.917. The van der Waals surface area contributed by atoms with E-state index in [1.54, 1.807) is 0 Å². The van der Waals surface area contributed by atoms with Gasteiger partial charge < -0.3 is 4.74 Å². The van der Waals surface area contributed by atoms with Gasteiger partial charge in [-0.15, -0.1) is 0 Å². The third kappa shape index (κ3) is 4.87. The number of carbonyl (C=O) groups is 1. The Bertz CT molecular complexity index is 212. The van der Waals surface area contributed by atoms with Crippen LogP contribution >= 0.6 is 11.6 Å². The van der Waals surface area contributed by atoms with E-state index in [1.807, 2.05) is 13.8 Å². The van der Waals surface area contributed by atoms with E-state index in [0.717, 1.165) is 25.7 Å². The maximum Gasteiger partial charge on any atom is 0.404 e. The number of rotatable bonds is 6. The summed E-state index contributed by atoms with van der Waals surface area (Å²) in [6, 6.07) is 0. The van der Waals surface area contributed by atoms with Gasteiger partial charge in [-0.2, -0.15) is 0 Å². The first-order chi connectivity index (χ1) is 6.81. The van der Waals surface area contributed by atoms with Gasteiger partial charge in [-0.25, -0.2) is 4.79 Å². The molecule has 1 atom stereocenters. The van der Waals surface area contributed by atoms with Crippen molar-refractivity contribution < 1.29 is 9.53 Å². The molecular formula is C12H23ClO2. The van der Waals surface area contributed by atoms with E-state index in [9.17, 15) is 4.79 Å². The molecule has 15 heavy (non-hydrogen) atoms. The molecule has 0 fully saturated rings. The molecule has 90 valence electrons. The second-order valence-corrected chi connectivity index (χ2v) is 5.15. The molecule has 2 nitrogen and oxygen atoms in total. The smallest absolute Gasteiger partial charge is 0.404 e. The van der Waals surface area contributed by atoms with Crippen molar-refractivity contribution in [3.05, 3.63) is 0 Å². The van der Waals surface area contributed by atoms with Crippen molar-refractivity contribution in [1.82, 2.24) is 0 Å². The lowest BCUT2D eigenvalue weighted by molar-refractivity contribution is -0.00315. The minimum absolute atomic E-state index is 0.219. The SMILES string of the molecule is CCC(C)(CC)CC(C)(CC)OC(=O)Cl. The molecule has 0 aliphatic carbocycles. The van der Waals surface area contributed by atoms with Gasteiger partial charge in [0.05, 0.1) is 0 Å². The average molecular weight is 235 g/mol. The number of ether oxygens (including phenoxy) is 1. The van der Waals surface area contributed by atoms with Crippen LogP contribution in [0.3, 0.4) is 0 Å². The Morgan fingerprint density at radius 2 is 1.60 bits per heavy atom. The minimum atomic E-state index is -0.700. The third-order valence-electron chi connectivity index (χ3n) is 3.58. The fourth-order valence-corrected chi connectivity index (χ4v) is 2.02. The van der Waals surface area contributed by atoms with Gasteiger partial charge in [-0.05, 0) is 25.2 Å². The molecule has 0 bridgehead atoms. The van der Waals surface area contributed by atoms with E-state index in [0.29, 0.717) is 0 Å². The summed E-state index contributed by atoms with van der Waals surface area (Å²) >= 11 is 5.30. The van der Waals surface area contributed by atoms with Crippen LogP contribution in [0, 0.1) is 5.41 Å². The molecule has 0 saturated carbocycles. The molecule has 0 heterocycles. The Hall–Kier alpha value is -0.240. The summed E-state index contributed by atoms with van der Waals surface area (Å²) in [6.07, 6.45) is 3.82. The third-order valence-corrected chi connectivity index (χ3v) is 3.66. The number of carbonyl (C=O) groups excluding carboxylic acids is 1. The standard InChI is InChI=1S/C12H23ClO2/c1-6-11(4,7-2)9-12(5,8-3)15-10(13)14/h6-9H2,1-5H3. The molecule has 0 aromatic heterocycles. The second-order valence-electron chi connectivity index (χ2n) is 4.84. The highest BCUT2D eigenvalue weighted by atomic mass is 35.5. The summed E-state index contributed by atoms with van der Waals surface area (Å²) in [4.78, 5) is 10.8. The molecule has 1 unspecified atom stereocenters. The molecule has 0 N–H and O–H groups in total. The van der Waals surface area contributed by atoms with E-state index in [4.69, 9.17) is 16.3 Å². The van der Waals surface area contributed by atoms with Gasteiger partial charge in [-0.3, -0.25) is 0 Å². The zero-order valence-electron chi connectivity index (χ0n) is 10.5. The Balaban J connectivity index is 4.61. The Morgan fingerprint density at radius 3 is 1.87 bits per heavy atom. The molecule has 0 spiro atoms. The average Bonchev–Trinajstić information content (AvgIpc) is 2.16. The van der Waals surface area contributed by atoms with E-state index in [1.165, 1.54) is 0 Å². The highest BCUT2D eigenvalue weighted by molar-refractivity contribution is 6.61. The van der Waals surface area contributed by atoms with Crippen LogP contribution < -0.4 is 0 Å². The van der Waals surface area contributed by atoms with Gasteiger partial charge in [-0.1, -0.05) is 40.5 Å². The predicted octanol–water partition coefficient (Wildman–Crippen LogP) is 4.75. The molecule has 0 rings (SSSR count). The minimum Gasteiger partial charge on any atom is -0.447 e. The van der Waals surface area contributed by atoms with Gasteiger partial charge in [0.15, 0.2) is 0 Å². The van der Waals surface area contributed by atoms with Gasteiger partial charge >= 0.3 is 5.43 Å². The Kier molecular flexibility index (Phi) is 5.65. The predicted molar refractivity (Wildman–Crippen MR) is 64.3 cm³/mol. The van der Waals surface area contributed by atoms with Crippen molar-refractivity contribution in [1.29, 1.82) is 0 Å². The van der Waals surface area contributed by atoms with E-state index < -0.39 is 11.0 Å². The highest BCUT2D eigenvalue weighted by Crippen LogP contribution is 2.38. The monoisotopic (exact) mass is 234 g/mol. The van der Waals surface area contributed by atoms with E-state index >= 15 is 0 Å². The number of hydrogen-bond acceptors (Lipinski definition) is 2. The van der Waals surface area contributed by atoms with Crippen LogP contribution in [0.5, 0.6) is 0 Å². The van der Waals surface area contributed by atoms with E-state index in [2.05, 4.69) is 20.8 Å². The fourth-order valence-electron chi connectivity index (χ4n) is 1.83. The normalized spacial score (nSPS) is 15.9. The van der Waals surface area contributed by atoms with Crippen LogP contribution in [0.15, 0.2) is 0 Å². The largest absolute Gasteiger partial charge is 0.447 e. The number of hydrogen-bond donors (Lipinski definition) is 0. The maximum atomic E-state index is 10.8. The van der Waals surface area contributed by atoms with Crippen molar-refractivity contribution in [3.8, 4) is 0 Å². The van der Waals surface area contributed by atoms with Crippen LogP contribution in [0.25, 0.3) is 0 Å². The molecule has 0 amide bonds. The summed E-state index contributed by atoms with van der Waals surface area (Å²) in [5, 5.41) is 0. The summed E-state index contributed by atoms with van der Waals surface area (Å²) in [5.41, 5.74) is -0.912. The van der Waals surface area contributed by atoms with Crippen molar-refractivity contribution in [2.75, 3.05) is 0 Å². The summed E-state index contributed by atoms with van der Waals surface area (Å²) in [5.74, 6) is 0. The molecule has 0 aliphatic heterocycles. The lowest BCUT2D eigenvalue weighted by Gasteiger charge is -2.37. The molecule has 0 aromatic rings. The first-order valence-electron chi connectivity index (χ1n) is 5.69. The van der Waals surface area contributed by atoms with Crippen LogP contribution in [0.1, 0.15) is 60.3 Å². The first kappa shape index (κ1) is 14.8. The number of halogens is 1.